The number of nitrogens with zero attached hydrogens (tertiary/aromatic N) is 2. The van der Waals surface area contributed by atoms with Crippen LogP contribution in [0.1, 0.15) is 42.4 Å². The fourth-order valence-electron chi connectivity index (χ4n) is 4.76. The molecule has 30 heavy (non-hydrogen) atoms. The summed E-state index contributed by atoms with van der Waals surface area (Å²) in [6.45, 7) is 6.29. The van der Waals surface area contributed by atoms with E-state index in [1.165, 1.54) is 0 Å². The third kappa shape index (κ3) is 3.79. The number of likely N-dealkylation sites (tertiary alicyclic amines) is 1. The number of piperidine rings is 1. The molecule has 0 N–H and O–H groups in total. The zero-order valence-electron chi connectivity index (χ0n) is 17.8. The molecule has 4 rings (SSSR count). The molecule has 0 bridgehead atoms. The minimum absolute atomic E-state index is 0.165. The summed E-state index contributed by atoms with van der Waals surface area (Å²) in [7, 11) is -3.56. The van der Waals surface area contributed by atoms with E-state index < -0.39 is 15.4 Å². The predicted octanol–water partition coefficient (Wildman–Crippen LogP) is 3.65. The lowest BCUT2D eigenvalue weighted by Gasteiger charge is -2.42. The maximum atomic E-state index is 13.7. The molecule has 6 heteroatoms. The molecule has 2 saturated heterocycles. The molecule has 2 aromatic carbocycles. The summed E-state index contributed by atoms with van der Waals surface area (Å²) in [5.41, 5.74) is 2.53. The molecule has 0 spiro atoms. The first-order valence-electron chi connectivity index (χ1n) is 10.8. The van der Waals surface area contributed by atoms with E-state index in [4.69, 9.17) is 0 Å². The summed E-state index contributed by atoms with van der Waals surface area (Å²) < 4.78 is 27.9. The molecule has 2 fully saturated rings. The third-order valence-corrected chi connectivity index (χ3v) is 8.52. The van der Waals surface area contributed by atoms with Crippen molar-refractivity contribution in [1.82, 2.24) is 9.21 Å². The maximum absolute atomic E-state index is 13.7. The number of sulfonamides is 1. The van der Waals surface area contributed by atoms with Gasteiger partial charge in [0.15, 0.2) is 0 Å². The average Bonchev–Trinajstić information content (AvgIpc) is 3.28. The van der Waals surface area contributed by atoms with E-state index in [0.717, 1.165) is 42.6 Å². The van der Waals surface area contributed by atoms with E-state index in [1.807, 2.05) is 49.1 Å². The Balaban J connectivity index is 1.63. The molecule has 2 aliphatic heterocycles. The van der Waals surface area contributed by atoms with Crippen LogP contribution in [0.2, 0.25) is 0 Å². The van der Waals surface area contributed by atoms with Crippen molar-refractivity contribution in [3.05, 3.63) is 65.2 Å². The molecule has 0 saturated carbocycles. The van der Waals surface area contributed by atoms with Crippen LogP contribution in [0.5, 0.6) is 0 Å². The second-order valence-electron chi connectivity index (χ2n) is 8.67. The predicted molar refractivity (Wildman–Crippen MR) is 118 cm³/mol. The van der Waals surface area contributed by atoms with Crippen LogP contribution in [0, 0.1) is 13.8 Å². The van der Waals surface area contributed by atoms with Crippen molar-refractivity contribution in [2.45, 2.75) is 49.8 Å². The molecule has 0 radical (unpaired) electrons. The van der Waals surface area contributed by atoms with Crippen molar-refractivity contribution in [2.24, 2.45) is 0 Å². The van der Waals surface area contributed by atoms with Gasteiger partial charge in [-0.3, -0.25) is 4.79 Å². The summed E-state index contributed by atoms with van der Waals surface area (Å²) in [6.07, 6.45) is 3.11. The zero-order valence-corrected chi connectivity index (χ0v) is 18.6. The monoisotopic (exact) mass is 426 g/mol. The number of hydrogen-bond donors (Lipinski definition) is 0. The van der Waals surface area contributed by atoms with E-state index in [0.29, 0.717) is 30.8 Å². The summed E-state index contributed by atoms with van der Waals surface area (Å²) >= 11 is 0. The number of hydrogen-bond acceptors (Lipinski definition) is 3. The fraction of sp³-hybridized carbons (Fsp3) is 0.458. The Kier molecular flexibility index (Phi) is 5.73. The van der Waals surface area contributed by atoms with Gasteiger partial charge in [-0.2, -0.15) is 4.31 Å². The second-order valence-corrected chi connectivity index (χ2v) is 10.6. The van der Waals surface area contributed by atoms with Gasteiger partial charge in [-0.15, -0.1) is 0 Å². The van der Waals surface area contributed by atoms with Crippen LogP contribution in [0.3, 0.4) is 0 Å². The van der Waals surface area contributed by atoms with Gasteiger partial charge in [-0.05, 0) is 57.2 Å². The highest BCUT2D eigenvalue weighted by atomic mass is 32.2. The summed E-state index contributed by atoms with van der Waals surface area (Å²) in [5.74, 6) is 0.165. The Bertz CT molecular complexity index is 1020. The van der Waals surface area contributed by atoms with Crippen LogP contribution in [-0.2, 0) is 20.2 Å². The Morgan fingerprint density at radius 1 is 0.867 bits per heavy atom. The lowest BCUT2D eigenvalue weighted by atomic mass is 9.71. The zero-order chi connectivity index (χ0) is 21.4. The largest absolute Gasteiger partial charge is 0.342 e. The van der Waals surface area contributed by atoms with Crippen molar-refractivity contribution < 1.29 is 13.2 Å². The molecule has 160 valence electrons. The van der Waals surface area contributed by atoms with Crippen molar-refractivity contribution in [3.63, 3.8) is 0 Å². The SMILES string of the molecule is Cc1ccc(S(=O)(=O)N2CCC(C(=O)N3CCCC3)(c3cccc(C)c3)CC2)cc1. The first-order valence-corrected chi connectivity index (χ1v) is 12.2. The Labute approximate surface area is 179 Å². The van der Waals surface area contributed by atoms with Crippen molar-refractivity contribution in [3.8, 4) is 0 Å². The molecule has 0 aliphatic carbocycles. The molecule has 1 amide bonds. The van der Waals surface area contributed by atoms with Gasteiger partial charge in [0.05, 0.1) is 10.3 Å². The van der Waals surface area contributed by atoms with Crippen LogP contribution in [0.25, 0.3) is 0 Å². The highest BCUT2D eigenvalue weighted by molar-refractivity contribution is 7.89. The maximum Gasteiger partial charge on any atom is 0.243 e. The summed E-state index contributed by atoms with van der Waals surface area (Å²) in [4.78, 5) is 16.0. The normalized spacial score (nSPS) is 19.7. The number of rotatable bonds is 4. The molecule has 0 aromatic heterocycles. The molecular formula is C24H30N2O3S. The van der Waals surface area contributed by atoms with Crippen LogP contribution in [0.4, 0.5) is 0 Å². The highest BCUT2D eigenvalue weighted by Gasteiger charge is 2.47. The minimum Gasteiger partial charge on any atom is -0.342 e. The lowest BCUT2D eigenvalue weighted by molar-refractivity contribution is -0.138. The molecule has 5 nitrogen and oxygen atoms in total. The molecular weight excluding hydrogens is 396 g/mol. The lowest BCUT2D eigenvalue weighted by Crippen LogP contribution is -2.53. The molecule has 0 unspecified atom stereocenters. The van der Waals surface area contributed by atoms with E-state index >= 15 is 0 Å². The molecule has 2 aliphatic rings. The van der Waals surface area contributed by atoms with Crippen molar-refractivity contribution in [2.75, 3.05) is 26.2 Å². The van der Waals surface area contributed by atoms with Gasteiger partial charge in [0.25, 0.3) is 0 Å². The topological polar surface area (TPSA) is 57.7 Å². The van der Waals surface area contributed by atoms with Gasteiger partial charge in [0, 0.05) is 26.2 Å². The minimum atomic E-state index is -3.56. The first kappa shape index (κ1) is 21.1. The third-order valence-electron chi connectivity index (χ3n) is 6.61. The number of benzene rings is 2. The fourth-order valence-corrected chi connectivity index (χ4v) is 6.20. The summed E-state index contributed by atoms with van der Waals surface area (Å²) in [5, 5.41) is 0. The van der Waals surface area contributed by atoms with Gasteiger partial charge in [-0.1, -0.05) is 47.5 Å². The van der Waals surface area contributed by atoms with E-state index in [1.54, 1.807) is 16.4 Å². The number of carbonyl (C=O) groups is 1. The van der Waals surface area contributed by atoms with E-state index in [9.17, 15) is 13.2 Å². The number of carbonyl (C=O) groups excluding carboxylic acids is 1. The van der Waals surface area contributed by atoms with Gasteiger partial charge in [-0.25, -0.2) is 8.42 Å². The highest BCUT2D eigenvalue weighted by Crippen LogP contribution is 2.40. The average molecular weight is 427 g/mol. The van der Waals surface area contributed by atoms with E-state index in [-0.39, 0.29) is 5.91 Å². The van der Waals surface area contributed by atoms with Crippen LogP contribution >= 0.6 is 0 Å². The Morgan fingerprint density at radius 3 is 2.10 bits per heavy atom. The van der Waals surface area contributed by atoms with Crippen molar-refractivity contribution in [1.29, 1.82) is 0 Å². The molecule has 2 heterocycles. The van der Waals surface area contributed by atoms with Crippen LogP contribution in [-0.4, -0.2) is 49.7 Å². The number of amides is 1. The smallest absolute Gasteiger partial charge is 0.243 e. The molecule has 2 aromatic rings. The van der Waals surface area contributed by atoms with Crippen LogP contribution < -0.4 is 0 Å². The number of aryl methyl sites for hydroxylation is 2. The summed E-state index contributed by atoms with van der Waals surface area (Å²) in [6, 6.07) is 15.2. The van der Waals surface area contributed by atoms with Gasteiger partial charge in [0.2, 0.25) is 15.9 Å². The molecule has 0 atom stereocenters. The first-order chi connectivity index (χ1) is 14.3. The van der Waals surface area contributed by atoms with Crippen molar-refractivity contribution >= 4 is 15.9 Å². The standard InChI is InChI=1S/C24H30N2O3S/c1-19-8-10-22(11-9-19)30(28,29)26-16-12-24(13-17-26,21-7-5-6-20(2)18-21)23(27)25-14-3-4-15-25/h5-11,18H,3-4,12-17H2,1-2H3. The van der Waals surface area contributed by atoms with Crippen LogP contribution in [0.15, 0.2) is 53.4 Å². The van der Waals surface area contributed by atoms with Gasteiger partial charge < -0.3 is 4.90 Å². The van der Waals surface area contributed by atoms with Gasteiger partial charge >= 0.3 is 0 Å². The van der Waals surface area contributed by atoms with Gasteiger partial charge in [0.1, 0.15) is 0 Å². The Morgan fingerprint density at radius 2 is 1.50 bits per heavy atom. The van der Waals surface area contributed by atoms with E-state index in [2.05, 4.69) is 6.07 Å². The Hall–Kier alpha value is -2.18. The second kappa shape index (κ2) is 8.16. The quantitative estimate of drug-likeness (QED) is 0.750.